The fraction of sp³-hybridized carbons (Fsp3) is 0.385. The fourth-order valence-electron chi connectivity index (χ4n) is 1.37. The Morgan fingerprint density at radius 1 is 1.47 bits per heavy atom. The highest BCUT2D eigenvalue weighted by Gasteiger charge is 2.05. The Kier molecular flexibility index (Phi) is 6.21. The van der Waals surface area contributed by atoms with Crippen LogP contribution in [0.1, 0.15) is 25.8 Å². The number of methoxy groups -OCH3 is 1. The van der Waals surface area contributed by atoms with Crippen molar-refractivity contribution in [2.45, 2.75) is 20.3 Å². The molecular formula is C13H18FN3OS. The summed E-state index contributed by atoms with van der Waals surface area (Å²) in [6, 6.07) is 4.68. The van der Waals surface area contributed by atoms with Crippen LogP contribution in [0, 0.1) is 5.82 Å². The van der Waals surface area contributed by atoms with Crippen molar-refractivity contribution in [3.63, 3.8) is 0 Å². The summed E-state index contributed by atoms with van der Waals surface area (Å²) in [5, 5.41) is 7.54. The van der Waals surface area contributed by atoms with Crippen molar-refractivity contribution < 1.29 is 9.13 Å². The van der Waals surface area contributed by atoms with Crippen molar-refractivity contribution in [3.05, 3.63) is 29.6 Å². The monoisotopic (exact) mass is 283 g/mol. The van der Waals surface area contributed by atoms with Gasteiger partial charge in [-0.1, -0.05) is 6.92 Å². The SMILES string of the molecule is CCCNC(=S)N/N=C(/C)c1ccc(OC)c(F)c1. The molecule has 0 aliphatic heterocycles. The normalized spacial score (nSPS) is 11.1. The summed E-state index contributed by atoms with van der Waals surface area (Å²) in [6.45, 7) is 4.61. The maximum absolute atomic E-state index is 13.5. The van der Waals surface area contributed by atoms with E-state index in [0.29, 0.717) is 16.4 Å². The van der Waals surface area contributed by atoms with E-state index >= 15 is 0 Å². The highest BCUT2D eigenvalue weighted by Crippen LogP contribution is 2.17. The third-order valence-corrected chi connectivity index (χ3v) is 2.67. The zero-order valence-electron chi connectivity index (χ0n) is 11.3. The first-order valence-corrected chi connectivity index (χ1v) is 6.41. The number of nitrogens with one attached hydrogen (secondary N) is 2. The molecule has 1 aromatic carbocycles. The van der Waals surface area contributed by atoms with E-state index in [1.54, 1.807) is 19.1 Å². The number of halogens is 1. The summed E-state index contributed by atoms with van der Waals surface area (Å²) in [4.78, 5) is 0. The average molecular weight is 283 g/mol. The highest BCUT2D eigenvalue weighted by atomic mass is 32.1. The van der Waals surface area contributed by atoms with Gasteiger partial charge in [0.15, 0.2) is 16.7 Å². The van der Waals surface area contributed by atoms with Gasteiger partial charge in [0, 0.05) is 12.1 Å². The second-order valence-corrected chi connectivity index (χ2v) is 4.32. The molecule has 4 nitrogen and oxygen atoms in total. The van der Waals surface area contributed by atoms with Crippen molar-refractivity contribution in [2.24, 2.45) is 5.10 Å². The van der Waals surface area contributed by atoms with Gasteiger partial charge in [0.1, 0.15) is 0 Å². The molecule has 0 bridgehead atoms. The van der Waals surface area contributed by atoms with Gasteiger partial charge < -0.3 is 10.1 Å². The van der Waals surface area contributed by atoms with Gasteiger partial charge >= 0.3 is 0 Å². The maximum Gasteiger partial charge on any atom is 0.186 e. The predicted molar refractivity (Wildman–Crippen MR) is 79.2 cm³/mol. The molecule has 2 N–H and O–H groups in total. The summed E-state index contributed by atoms with van der Waals surface area (Å²) in [6.07, 6.45) is 0.980. The van der Waals surface area contributed by atoms with Crippen LogP contribution in [0.4, 0.5) is 4.39 Å². The highest BCUT2D eigenvalue weighted by molar-refractivity contribution is 7.80. The Bertz CT molecular complexity index is 477. The second kappa shape index (κ2) is 7.68. The van der Waals surface area contributed by atoms with E-state index in [-0.39, 0.29) is 5.75 Å². The zero-order valence-corrected chi connectivity index (χ0v) is 12.1. The first-order chi connectivity index (χ1) is 9.08. The minimum atomic E-state index is -0.416. The lowest BCUT2D eigenvalue weighted by Gasteiger charge is -2.07. The Labute approximate surface area is 118 Å². The van der Waals surface area contributed by atoms with E-state index in [1.165, 1.54) is 13.2 Å². The molecule has 0 saturated heterocycles. The van der Waals surface area contributed by atoms with Gasteiger partial charge in [0.2, 0.25) is 0 Å². The smallest absolute Gasteiger partial charge is 0.186 e. The summed E-state index contributed by atoms with van der Waals surface area (Å²) in [5.74, 6) is -0.203. The van der Waals surface area contributed by atoms with Crippen LogP contribution in [0.3, 0.4) is 0 Å². The molecule has 0 amide bonds. The minimum absolute atomic E-state index is 0.213. The number of thiocarbonyl (C=S) groups is 1. The number of hydrogen-bond acceptors (Lipinski definition) is 3. The van der Waals surface area contributed by atoms with E-state index in [0.717, 1.165) is 13.0 Å². The molecule has 6 heteroatoms. The summed E-state index contributed by atoms with van der Waals surface area (Å²) in [5.41, 5.74) is 4.03. The van der Waals surface area contributed by atoms with Crippen molar-refractivity contribution >= 4 is 23.0 Å². The largest absolute Gasteiger partial charge is 0.494 e. The molecule has 0 heterocycles. The molecule has 0 unspecified atom stereocenters. The molecule has 0 aliphatic carbocycles. The second-order valence-electron chi connectivity index (χ2n) is 3.91. The van der Waals surface area contributed by atoms with Crippen LogP contribution >= 0.6 is 12.2 Å². The van der Waals surface area contributed by atoms with Gasteiger partial charge in [-0.15, -0.1) is 0 Å². The molecule has 0 aromatic heterocycles. The molecule has 104 valence electrons. The van der Waals surface area contributed by atoms with Crippen LogP contribution in [0.15, 0.2) is 23.3 Å². The number of benzene rings is 1. The average Bonchev–Trinajstić information content (AvgIpc) is 2.42. The molecule has 1 aromatic rings. The van der Waals surface area contributed by atoms with E-state index in [2.05, 4.69) is 15.8 Å². The fourth-order valence-corrected chi connectivity index (χ4v) is 1.52. The number of nitrogens with zero attached hydrogens (tertiary/aromatic N) is 1. The van der Waals surface area contributed by atoms with Crippen molar-refractivity contribution in [1.29, 1.82) is 0 Å². The first-order valence-electron chi connectivity index (χ1n) is 6.00. The van der Waals surface area contributed by atoms with Crippen LogP contribution in [-0.2, 0) is 0 Å². The molecule has 0 aliphatic rings. The van der Waals surface area contributed by atoms with Crippen LogP contribution in [0.5, 0.6) is 5.75 Å². The van der Waals surface area contributed by atoms with E-state index in [4.69, 9.17) is 17.0 Å². The molecule has 0 saturated carbocycles. The van der Waals surface area contributed by atoms with Crippen LogP contribution in [0.2, 0.25) is 0 Å². The van der Waals surface area contributed by atoms with Crippen LogP contribution in [-0.4, -0.2) is 24.5 Å². The van der Waals surface area contributed by atoms with Crippen molar-refractivity contribution in [2.75, 3.05) is 13.7 Å². The maximum atomic E-state index is 13.5. The van der Waals surface area contributed by atoms with Crippen LogP contribution < -0.4 is 15.5 Å². The third-order valence-electron chi connectivity index (χ3n) is 2.43. The lowest BCUT2D eigenvalue weighted by Crippen LogP contribution is -2.33. The Morgan fingerprint density at radius 3 is 2.79 bits per heavy atom. The molecule has 0 atom stereocenters. The minimum Gasteiger partial charge on any atom is -0.494 e. The number of hydrazone groups is 1. The molecule has 0 radical (unpaired) electrons. The van der Waals surface area contributed by atoms with E-state index < -0.39 is 5.82 Å². The summed E-state index contributed by atoms with van der Waals surface area (Å²) >= 11 is 5.03. The molecular weight excluding hydrogens is 265 g/mol. The van der Waals surface area contributed by atoms with Gasteiger partial charge in [-0.25, -0.2) is 4.39 Å². The van der Waals surface area contributed by atoms with E-state index in [1.807, 2.05) is 6.92 Å². The quantitative estimate of drug-likeness (QED) is 0.495. The standard InChI is InChI=1S/C13H18FN3OS/c1-4-7-15-13(19)17-16-9(2)10-5-6-12(18-3)11(14)8-10/h5-6,8H,4,7H2,1-3H3,(H2,15,17,19)/b16-9-. The first kappa shape index (κ1) is 15.4. The molecule has 0 fully saturated rings. The van der Waals surface area contributed by atoms with Crippen molar-refractivity contribution in [1.82, 2.24) is 10.7 Å². The predicted octanol–water partition coefficient (Wildman–Crippen LogP) is 2.43. The van der Waals surface area contributed by atoms with Crippen molar-refractivity contribution in [3.8, 4) is 5.75 Å². The molecule has 1 rings (SSSR count). The lowest BCUT2D eigenvalue weighted by molar-refractivity contribution is 0.386. The van der Waals surface area contributed by atoms with Crippen LogP contribution in [0.25, 0.3) is 0 Å². The number of ether oxygens (including phenoxy) is 1. The van der Waals surface area contributed by atoms with Gasteiger partial charge in [-0.05, 0) is 43.8 Å². The topological polar surface area (TPSA) is 45.7 Å². The van der Waals surface area contributed by atoms with Gasteiger partial charge in [-0.3, -0.25) is 5.43 Å². The Morgan fingerprint density at radius 2 is 2.21 bits per heavy atom. The molecule has 19 heavy (non-hydrogen) atoms. The van der Waals surface area contributed by atoms with Gasteiger partial charge in [0.05, 0.1) is 12.8 Å². The van der Waals surface area contributed by atoms with Gasteiger partial charge in [0.25, 0.3) is 0 Å². The zero-order chi connectivity index (χ0) is 14.3. The third kappa shape index (κ3) is 4.82. The Hall–Kier alpha value is -1.69. The summed E-state index contributed by atoms with van der Waals surface area (Å²) < 4.78 is 18.4. The Balaban J connectivity index is 2.69. The molecule has 0 spiro atoms. The number of rotatable bonds is 5. The summed E-state index contributed by atoms with van der Waals surface area (Å²) in [7, 11) is 1.43. The number of hydrogen-bond donors (Lipinski definition) is 2. The van der Waals surface area contributed by atoms with E-state index in [9.17, 15) is 4.39 Å². The lowest BCUT2D eigenvalue weighted by atomic mass is 10.1. The van der Waals surface area contributed by atoms with Gasteiger partial charge in [-0.2, -0.15) is 5.10 Å².